The third-order valence-electron chi connectivity index (χ3n) is 4.14. The largest absolute Gasteiger partial charge is 0.333 e. The molecule has 0 bridgehead atoms. The molecule has 136 valence electrons. The van der Waals surface area contributed by atoms with Crippen molar-refractivity contribution in [2.75, 3.05) is 5.32 Å². The van der Waals surface area contributed by atoms with Crippen LogP contribution in [0.1, 0.15) is 41.0 Å². The van der Waals surface area contributed by atoms with Gasteiger partial charge >= 0.3 is 6.03 Å². The van der Waals surface area contributed by atoms with E-state index in [2.05, 4.69) is 41.4 Å². The molecule has 0 aliphatic rings. The zero-order chi connectivity index (χ0) is 18.9. The fourth-order valence-electron chi connectivity index (χ4n) is 3.73. The summed E-state index contributed by atoms with van der Waals surface area (Å²) in [6.45, 7) is 10.6. The van der Waals surface area contributed by atoms with E-state index in [4.69, 9.17) is 0 Å². The molecular formula is C21H26N4O. The number of urea groups is 1. The summed E-state index contributed by atoms with van der Waals surface area (Å²) >= 11 is 0. The maximum atomic E-state index is 12.6. The highest BCUT2D eigenvalue weighted by molar-refractivity contribution is 6.12. The van der Waals surface area contributed by atoms with Gasteiger partial charge in [-0.2, -0.15) is 0 Å². The number of benzene rings is 1. The van der Waals surface area contributed by atoms with E-state index in [1.165, 1.54) is 0 Å². The van der Waals surface area contributed by atoms with E-state index in [1.807, 2.05) is 44.2 Å². The molecule has 26 heavy (non-hydrogen) atoms. The number of nitrogens with one attached hydrogen (secondary N) is 2. The van der Waals surface area contributed by atoms with E-state index >= 15 is 0 Å². The molecular weight excluding hydrogens is 324 g/mol. The second-order valence-corrected chi connectivity index (χ2v) is 8.59. The first-order chi connectivity index (χ1) is 12.1. The monoisotopic (exact) mass is 350 g/mol. The first-order valence-corrected chi connectivity index (χ1v) is 8.86. The number of rotatable bonds is 3. The van der Waals surface area contributed by atoms with Crippen molar-refractivity contribution in [1.29, 1.82) is 0 Å². The first-order valence-electron chi connectivity index (χ1n) is 8.86. The van der Waals surface area contributed by atoms with Crippen molar-refractivity contribution in [3.05, 3.63) is 42.7 Å². The lowest BCUT2D eigenvalue weighted by Gasteiger charge is -2.33. The van der Waals surface area contributed by atoms with Crippen LogP contribution in [0, 0.1) is 5.41 Å². The van der Waals surface area contributed by atoms with Crippen LogP contribution < -0.4 is 10.6 Å². The molecule has 3 aromatic rings. The van der Waals surface area contributed by atoms with Gasteiger partial charge in [-0.05, 0) is 43.9 Å². The minimum atomic E-state index is -0.319. The van der Waals surface area contributed by atoms with Gasteiger partial charge in [-0.25, -0.2) is 4.79 Å². The molecule has 3 rings (SSSR count). The Morgan fingerprint density at radius 1 is 1.00 bits per heavy atom. The maximum Gasteiger partial charge on any atom is 0.319 e. The topological polar surface area (TPSA) is 66.9 Å². The Kier molecular flexibility index (Phi) is 4.57. The Morgan fingerprint density at radius 3 is 2.35 bits per heavy atom. The Labute approximate surface area is 154 Å². The number of amides is 2. The number of nitrogens with zero attached hydrogens (tertiary/aromatic N) is 2. The summed E-state index contributed by atoms with van der Waals surface area (Å²) in [6.07, 6.45) is 4.35. The molecule has 0 fully saturated rings. The van der Waals surface area contributed by atoms with Crippen LogP contribution in [0.2, 0.25) is 0 Å². The number of anilines is 1. The molecule has 0 spiro atoms. The van der Waals surface area contributed by atoms with Crippen LogP contribution in [0.5, 0.6) is 0 Å². The minimum absolute atomic E-state index is 0.123. The second-order valence-electron chi connectivity index (χ2n) is 8.59. The first kappa shape index (κ1) is 18.1. The van der Waals surface area contributed by atoms with Crippen LogP contribution in [0.3, 0.4) is 0 Å². The van der Waals surface area contributed by atoms with Crippen molar-refractivity contribution in [3.8, 4) is 0 Å². The molecule has 1 aromatic carbocycles. The quantitative estimate of drug-likeness (QED) is 0.644. The van der Waals surface area contributed by atoms with E-state index < -0.39 is 0 Å². The summed E-state index contributed by atoms with van der Waals surface area (Å²) in [5.74, 6) is 0. The minimum Gasteiger partial charge on any atom is -0.333 e. The number of fused-ring (bicyclic) bond motifs is 3. The van der Waals surface area contributed by atoms with Gasteiger partial charge in [0.05, 0.1) is 16.7 Å². The second kappa shape index (κ2) is 6.56. The highest BCUT2D eigenvalue weighted by atomic mass is 16.2. The van der Waals surface area contributed by atoms with Crippen molar-refractivity contribution >= 4 is 33.5 Å². The van der Waals surface area contributed by atoms with Crippen molar-refractivity contribution in [2.24, 2.45) is 5.41 Å². The summed E-state index contributed by atoms with van der Waals surface area (Å²) in [4.78, 5) is 21.5. The molecule has 2 aromatic heterocycles. The van der Waals surface area contributed by atoms with Crippen LogP contribution in [0.25, 0.3) is 21.8 Å². The molecule has 0 saturated carbocycles. The standard InChI is InChI=1S/C21H26N4O/c1-20(2,3)13-21(4,5)25-19(26)24-17-12-16-14(8-6-10-22-16)15-9-7-11-23-18(15)17/h6-12H,13H2,1-5H3,(H2,24,25,26). The Hall–Kier alpha value is -2.69. The molecule has 0 aliphatic carbocycles. The van der Waals surface area contributed by atoms with Gasteiger partial charge in [0.25, 0.3) is 0 Å². The SMILES string of the molecule is CC(C)(C)CC(C)(C)NC(=O)Nc1cc2ncccc2c2cccnc12. The van der Waals surface area contributed by atoms with Gasteiger partial charge in [-0.1, -0.05) is 32.9 Å². The molecule has 0 radical (unpaired) electrons. The average molecular weight is 350 g/mol. The summed E-state index contributed by atoms with van der Waals surface area (Å²) in [7, 11) is 0. The van der Waals surface area contributed by atoms with Crippen molar-refractivity contribution in [3.63, 3.8) is 0 Å². The zero-order valence-electron chi connectivity index (χ0n) is 16.1. The summed E-state index contributed by atoms with van der Waals surface area (Å²) < 4.78 is 0. The smallest absolute Gasteiger partial charge is 0.319 e. The van der Waals surface area contributed by atoms with Crippen LogP contribution in [-0.4, -0.2) is 21.5 Å². The van der Waals surface area contributed by atoms with Gasteiger partial charge in [-0.3, -0.25) is 9.97 Å². The number of hydrogen-bond donors (Lipinski definition) is 2. The number of pyridine rings is 2. The fourth-order valence-corrected chi connectivity index (χ4v) is 3.73. The molecule has 0 unspecified atom stereocenters. The molecule has 2 amide bonds. The van der Waals surface area contributed by atoms with Crippen LogP contribution in [0.4, 0.5) is 10.5 Å². The van der Waals surface area contributed by atoms with Crippen molar-refractivity contribution < 1.29 is 4.79 Å². The molecule has 0 aliphatic heterocycles. The van der Waals surface area contributed by atoms with Gasteiger partial charge in [0.1, 0.15) is 0 Å². The van der Waals surface area contributed by atoms with E-state index in [0.29, 0.717) is 5.69 Å². The molecule has 2 heterocycles. The highest BCUT2D eigenvalue weighted by Crippen LogP contribution is 2.30. The molecule has 0 saturated heterocycles. The van der Waals surface area contributed by atoms with Crippen LogP contribution >= 0.6 is 0 Å². The lowest BCUT2D eigenvalue weighted by molar-refractivity contribution is 0.220. The predicted octanol–water partition coefficient (Wildman–Crippen LogP) is 5.12. The Morgan fingerprint density at radius 2 is 1.65 bits per heavy atom. The number of carbonyl (C=O) groups is 1. The van der Waals surface area contributed by atoms with Crippen molar-refractivity contribution in [2.45, 2.75) is 46.6 Å². The average Bonchev–Trinajstić information content (AvgIpc) is 2.52. The number of aromatic nitrogens is 2. The van der Waals surface area contributed by atoms with E-state index in [0.717, 1.165) is 28.2 Å². The summed E-state index contributed by atoms with van der Waals surface area (Å²) in [5.41, 5.74) is 2.06. The zero-order valence-corrected chi connectivity index (χ0v) is 16.1. The molecule has 5 heteroatoms. The normalized spacial score (nSPS) is 12.3. The number of hydrogen-bond acceptors (Lipinski definition) is 3. The van der Waals surface area contributed by atoms with E-state index in [9.17, 15) is 4.79 Å². The number of carbonyl (C=O) groups excluding carboxylic acids is 1. The van der Waals surface area contributed by atoms with Gasteiger partial charge in [-0.15, -0.1) is 0 Å². The lowest BCUT2D eigenvalue weighted by Crippen LogP contribution is -2.47. The lowest BCUT2D eigenvalue weighted by atomic mass is 9.82. The molecule has 0 atom stereocenters. The van der Waals surface area contributed by atoms with Gasteiger partial charge in [0.2, 0.25) is 0 Å². The van der Waals surface area contributed by atoms with Gasteiger partial charge < -0.3 is 10.6 Å². The van der Waals surface area contributed by atoms with Crippen LogP contribution in [0.15, 0.2) is 42.7 Å². The fraction of sp³-hybridized carbons (Fsp3) is 0.381. The van der Waals surface area contributed by atoms with Crippen LogP contribution in [-0.2, 0) is 0 Å². The third-order valence-corrected chi connectivity index (χ3v) is 4.14. The summed E-state index contributed by atoms with van der Waals surface area (Å²) in [6, 6.07) is 9.46. The van der Waals surface area contributed by atoms with E-state index in [-0.39, 0.29) is 17.0 Å². The van der Waals surface area contributed by atoms with E-state index in [1.54, 1.807) is 12.4 Å². The van der Waals surface area contributed by atoms with Gasteiger partial charge in [0.15, 0.2) is 0 Å². The van der Waals surface area contributed by atoms with Gasteiger partial charge in [0, 0.05) is 28.7 Å². The molecule has 5 nitrogen and oxygen atoms in total. The predicted molar refractivity (Wildman–Crippen MR) is 107 cm³/mol. The Bertz CT molecular complexity index is 957. The van der Waals surface area contributed by atoms with Crippen molar-refractivity contribution in [1.82, 2.24) is 15.3 Å². The highest BCUT2D eigenvalue weighted by Gasteiger charge is 2.27. The maximum absolute atomic E-state index is 12.6. The molecule has 2 N–H and O–H groups in total. The third kappa shape index (κ3) is 4.10. The Balaban J connectivity index is 1.92. The summed E-state index contributed by atoms with van der Waals surface area (Å²) in [5, 5.41) is 8.04.